The Morgan fingerprint density at radius 3 is 2.25 bits per heavy atom. The van der Waals surface area contributed by atoms with Crippen LogP contribution in [0.4, 0.5) is 5.69 Å². The van der Waals surface area contributed by atoms with E-state index in [1.54, 1.807) is 20.8 Å². The number of carbonyl (C=O) groups is 3. The molecule has 24 heavy (non-hydrogen) atoms. The van der Waals surface area contributed by atoms with Crippen molar-refractivity contribution in [3.05, 3.63) is 23.8 Å². The molecule has 1 fully saturated rings. The van der Waals surface area contributed by atoms with E-state index in [2.05, 4.69) is 5.32 Å². The third-order valence-electron chi connectivity index (χ3n) is 5.51. The van der Waals surface area contributed by atoms with E-state index >= 15 is 0 Å². The number of aliphatic carboxylic acids is 1. The number of rotatable bonds is 4. The van der Waals surface area contributed by atoms with Gasteiger partial charge in [0.2, 0.25) is 5.91 Å². The van der Waals surface area contributed by atoms with Gasteiger partial charge in [0, 0.05) is 17.7 Å². The SMILES string of the molecule is CC1(C(=O)O)CCC(C(=O)Nc2ccc(C(=O)O)c(O)c2)C1(C)C. The molecule has 1 aromatic carbocycles. The number of aromatic carboxylic acids is 1. The number of carboxylic acids is 2. The maximum atomic E-state index is 12.6. The smallest absolute Gasteiger partial charge is 0.339 e. The number of carbonyl (C=O) groups excluding carboxylic acids is 1. The van der Waals surface area contributed by atoms with Crippen LogP contribution in [0, 0.1) is 16.7 Å². The van der Waals surface area contributed by atoms with E-state index in [0.717, 1.165) is 0 Å². The average molecular weight is 335 g/mol. The Balaban J connectivity index is 2.21. The summed E-state index contributed by atoms with van der Waals surface area (Å²) >= 11 is 0. The molecule has 1 saturated carbocycles. The van der Waals surface area contributed by atoms with E-state index in [9.17, 15) is 24.6 Å². The van der Waals surface area contributed by atoms with E-state index in [1.165, 1.54) is 18.2 Å². The molecule has 0 saturated heterocycles. The number of anilines is 1. The van der Waals surface area contributed by atoms with Crippen LogP contribution in [-0.2, 0) is 9.59 Å². The summed E-state index contributed by atoms with van der Waals surface area (Å²) < 4.78 is 0. The molecule has 130 valence electrons. The van der Waals surface area contributed by atoms with Crippen molar-refractivity contribution in [1.29, 1.82) is 0 Å². The normalized spacial score (nSPS) is 25.2. The molecule has 4 N–H and O–H groups in total. The van der Waals surface area contributed by atoms with Crippen molar-refractivity contribution in [1.82, 2.24) is 0 Å². The molecule has 1 aliphatic rings. The Kier molecular flexibility index (Phi) is 4.31. The third-order valence-corrected chi connectivity index (χ3v) is 5.51. The van der Waals surface area contributed by atoms with Crippen LogP contribution in [0.5, 0.6) is 5.75 Å². The minimum atomic E-state index is -1.26. The highest BCUT2D eigenvalue weighted by Crippen LogP contribution is 2.56. The molecule has 1 aromatic rings. The Bertz CT molecular complexity index is 711. The molecule has 0 aromatic heterocycles. The van der Waals surface area contributed by atoms with Gasteiger partial charge in [0.1, 0.15) is 11.3 Å². The maximum absolute atomic E-state index is 12.6. The van der Waals surface area contributed by atoms with E-state index < -0.39 is 34.4 Å². The lowest BCUT2D eigenvalue weighted by Crippen LogP contribution is -2.43. The monoisotopic (exact) mass is 335 g/mol. The van der Waals surface area contributed by atoms with Gasteiger partial charge in [-0.15, -0.1) is 0 Å². The van der Waals surface area contributed by atoms with Crippen LogP contribution in [0.25, 0.3) is 0 Å². The van der Waals surface area contributed by atoms with Crippen LogP contribution in [0.2, 0.25) is 0 Å². The number of phenols is 1. The lowest BCUT2D eigenvalue weighted by molar-refractivity contribution is -0.154. The maximum Gasteiger partial charge on any atom is 0.339 e. The third kappa shape index (κ3) is 2.70. The summed E-state index contributed by atoms with van der Waals surface area (Å²) in [6.45, 7) is 5.18. The predicted octanol–water partition coefficient (Wildman–Crippen LogP) is 2.56. The minimum absolute atomic E-state index is 0.257. The molecule has 2 rings (SSSR count). The highest BCUT2D eigenvalue weighted by Gasteiger charge is 2.58. The van der Waals surface area contributed by atoms with Crippen LogP contribution in [-0.4, -0.2) is 33.2 Å². The van der Waals surface area contributed by atoms with Crippen LogP contribution < -0.4 is 5.32 Å². The van der Waals surface area contributed by atoms with Crippen molar-refractivity contribution in [2.75, 3.05) is 5.32 Å². The molecule has 7 heteroatoms. The number of benzene rings is 1. The topological polar surface area (TPSA) is 124 Å². The van der Waals surface area contributed by atoms with Crippen molar-refractivity contribution in [2.45, 2.75) is 33.6 Å². The fourth-order valence-corrected chi connectivity index (χ4v) is 3.36. The average Bonchev–Trinajstić information content (AvgIpc) is 2.70. The van der Waals surface area contributed by atoms with Crippen LogP contribution in [0.15, 0.2) is 18.2 Å². The lowest BCUT2D eigenvalue weighted by atomic mass is 9.65. The summed E-state index contributed by atoms with van der Waals surface area (Å²) in [4.78, 5) is 35.0. The molecule has 0 bridgehead atoms. The predicted molar refractivity (Wildman–Crippen MR) is 85.9 cm³/mol. The largest absolute Gasteiger partial charge is 0.507 e. The fraction of sp³-hybridized carbons (Fsp3) is 0.471. The van der Waals surface area contributed by atoms with Crippen LogP contribution in [0.3, 0.4) is 0 Å². The van der Waals surface area contributed by atoms with Crippen LogP contribution >= 0.6 is 0 Å². The summed E-state index contributed by atoms with van der Waals surface area (Å²) in [6.07, 6.45) is 0.845. The van der Waals surface area contributed by atoms with E-state index in [1.807, 2.05) is 0 Å². The standard InChI is InChI=1S/C17H21NO6/c1-16(2)11(6-7-17(16,3)15(23)24)13(20)18-9-4-5-10(14(21)22)12(19)8-9/h4-5,8,11,19H,6-7H2,1-3H3,(H,18,20)(H,21,22)(H,23,24). The Hall–Kier alpha value is -2.57. The van der Waals surface area contributed by atoms with E-state index in [0.29, 0.717) is 12.8 Å². The summed E-state index contributed by atoms with van der Waals surface area (Å²) in [5.74, 6) is -3.47. The van der Waals surface area contributed by atoms with E-state index in [4.69, 9.17) is 5.11 Å². The summed E-state index contributed by atoms with van der Waals surface area (Å²) in [5, 5.41) is 30.7. The summed E-state index contributed by atoms with van der Waals surface area (Å²) in [7, 11) is 0. The Morgan fingerprint density at radius 1 is 1.17 bits per heavy atom. The van der Waals surface area contributed by atoms with Crippen molar-refractivity contribution in [3.8, 4) is 5.75 Å². The number of carboxylic acid groups (broad SMARTS) is 2. The van der Waals surface area contributed by atoms with Gasteiger partial charge in [0.15, 0.2) is 0 Å². The first-order chi connectivity index (χ1) is 11.0. The molecular formula is C17H21NO6. The van der Waals surface area contributed by atoms with Gasteiger partial charge in [-0.05, 0) is 37.3 Å². The lowest BCUT2D eigenvalue weighted by Gasteiger charge is -2.37. The van der Waals surface area contributed by atoms with Gasteiger partial charge >= 0.3 is 11.9 Å². The van der Waals surface area contributed by atoms with Gasteiger partial charge in [-0.1, -0.05) is 13.8 Å². The molecule has 0 aliphatic heterocycles. The quantitative estimate of drug-likeness (QED) is 0.670. The minimum Gasteiger partial charge on any atom is -0.507 e. The zero-order valence-corrected chi connectivity index (χ0v) is 13.8. The Morgan fingerprint density at radius 2 is 1.79 bits per heavy atom. The van der Waals surface area contributed by atoms with Gasteiger partial charge in [-0.2, -0.15) is 0 Å². The molecule has 2 unspecified atom stereocenters. The zero-order valence-electron chi connectivity index (χ0n) is 13.8. The highest BCUT2D eigenvalue weighted by atomic mass is 16.4. The molecule has 0 radical (unpaired) electrons. The van der Waals surface area contributed by atoms with Crippen molar-refractivity contribution in [3.63, 3.8) is 0 Å². The number of hydrogen-bond acceptors (Lipinski definition) is 4. The van der Waals surface area contributed by atoms with Crippen molar-refractivity contribution in [2.24, 2.45) is 16.7 Å². The molecule has 2 atom stereocenters. The second-order valence-electron chi connectivity index (χ2n) is 6.98. The van der Waals surface area contributed by atoms with Crippen molar-refractivity contribution >= 4 is 23.5 Å². The Labute approximate surface area is 139 Å². The molecule has 0 heterocycles. The number of hydrogen-bond donors (Lipinski definition) is 4. The molecule has 1 aliphatic carbocycles. The summed E-state index contributed by atoms with van der Waals surface area (Å²) in [6, 6.07) is 3.76. The highest BCUT2D eigenvalue weighted by molar-refractivity contribution is 5.96. The number of aromatic hydroxyl groups is 1. The van der Waals surface area contributed by atoms with Gasteiger partial charge in [-0.25, -0.2) is 4.79 Å². The molecule has 1 amide bonds. The zero-order chi connectivity index (χ0) is 18.3. The number of amides is 1. The van der Waals surface area contributed by atoms with Crippen LogP contribution in [0.1, 0.15) is 44.0 Å². The van der Waals surface area contributed by atoms with Gasteiger partial charge < -0.3 is 20.6 Å². The molecular weight excluding hydrogens is 314 g/mol. The van der Waals surface area contributed by atoms with Gasteiger partial charge in [-0.3, -0.25) is 9.59 Å². The second-order valence-corrected chi connectivity index (χ2v) is 6.98. The van der Waals surface area contributed by atoms with Gasteiger partial charge in [0.05, 0.1) is 5.41 Å². The van der Waals surface area contributed by atoms with E-state index in [-0.39, 0.29) is 17.2 Å². The van der Waals surface area contributed by atoms with Crippen molar-refractivity contribution < 1.29 is 29.7 Å². The summed E-state index contributed by atoms with van der Waals surface area (Å²) in [5.41, 5.74) is -1.73. The fourth-order valence-electron chi connectivity index (χ4n) is 3.36. The van der Waals surface area contributed by atoms with Gasteiger partial charge in [0.25, 0.3) is 0 Å². The number of nitrogens with one attached hydrogen (secondary N) is 1. The first-order valence-electron chi connectivity index (χ1n) is 7.61. The molecule has 0 spiro atoms. The first-order valence-corrected chi connectivity index (χ1v) is 7.61. The molecule has 7 nitrogen and oxygen atoms in total. The second kappa shape index (κ2) is 5.81. The first kappa shape index (κ1) is 17.8.